The van der Waals surface area contributed by atoms with Gasteiger partial charge in [0.15, 0.2) is 15.6 Å². The van der Waals surface area contributed by atoms with Gasteiger partial charge in [0, 0.05) is 41.2 Å². The number of carbonyl (C=O) groups is 2. The van der Waals surface area contributed by atoms with Crippen LogP contribution in [0.3, 0.4) is 0 Å². The van der Waals surface area contributed by atoms with Crippen molar-refractivity contribution in [2.24, 2.45) is 0 Å². The van der Waals surface area contributed by atoms with E-state index in [0.29, 0.717) is 35.1 Å². The number of aromatic nitrogens is 1. The number of nitrogens with zero attached hydrogens (tertiary/aromatic N) is 1. The molecular weight excluding hydrogens is 767 g/mol. The number of hydrogen-bond acceptors (Lipinski definition) is 11. The molecule has 2 amide bonds. The number of pyridine rings is 1. The second-order valence-corrected chi connectivity index (χ2v) is 16.4. The Balaban J connectivity index is 1.29. The van der Waals surface area contributed by atoms with E-state index in [9.17, 15) is 18.0 Å². The molecule has 0 saturated heterocycles. The number of aliphatic carboxylic acids is 1. The molecule has 5 aromatic rings. The van der Waals surface area contributed by atoms with E-state index in [2.05, 4.69) is 15.6 Å². The third kappa shape index (κ3) is 11.6. The Morgan fingerprint density at radius 3 is 2.19 bits per heavy atom. The third-order valence-electron chi connectivity index (χ3n) is 8.89. The summed E-state index contributed by atoms with van der Waals surface area (Å²) in [6, 6.07) is 22.9. The van der Waals surface area contributed by atoms with Crippen molar-refractivity contribution < 1.29 is 51.5 Å². The summed E-state index contributed by atoms with van der Waals surface area (Å²) < 4.78 is 59.9. The first-order valence-corrected chi connectivity index (χ1v) is 20.2. The Hall–Kier alpha value is -5.90. The molecule has 0 bridgehead atoms. The Labute approximate surface area is 338 Å². The van der Waals surface area contributed by atoms with Crippen molar-refractivity contribution >= 4 is 44.0 Å². The lowest BCUT2D eigenvalue weighted by Crippen LogP contribution is -2.22. The minimum Gasteiger partial charge on any atom is -0.497 e. The van der Waals surface area contributed by atoms with Crippen LogP contribution in [-0.2, 0) is 35.9 Å². The monoisotopic (exact) mass is 815 g/mol. The molecule has 14 nitrogen and oxygen atoms in total. The minimum atomic E-state index is -3.68. The zero-order valence-corrected chi connectivity index (χ0v) is 34.2. The number of rotatable bonds is 19. The van der Waals surface area contributed by atoms with Crippen LogP contribution < -0.4 is 29.6 Å². The molecule has 3 N–H and O–H groups in total. The lowest BCUT2D eigenvalue weighted by Gasteiger charge is -2.23. The lowest BCUT2D eigenvalue weighted by atomic mass is 9.86. The molecule has 308 valence electrons. The number of carboxylic acid groups (broad SMARTS) is 1. The van der Waals surface area contributed by atoms with Crippen molar-refractivity contribution in [2.75, 3.05) is 63.6 Å². The van der Waals surface area contributed by atoms with Crippen LogP contribution in [0.25, 0.3) is 10.8 Å². The smallest absolute Gasteiger partial charge is 0.329 e. The predicted molar refractivity (Wildman–Crippen MR) is 221 cm³/mol. The second-order valence-electron chi connectivity index (χ2n) is 14.1. The van der Waals surface area contributed by atoms with Gasteiger partial charge in [-0.25, -0.2) is 18.0 Å². The van der Waals surface area contributed by atoms with Gasteiger partial charge in [0.25, 0.3) is 0 Å². The van der Waals surface area contributed by atoms with Crippen LogP contribution in [0.15, 0.2) is 90.0 Å². The number of carboxylic acids is 1. The van der Waals surface area contributed by atoms with Gasteiger partial charge < -0.3 is 44.2 Å². The summed E-state index contributed by atoms with van der Waals surface area (Å²) >= 11 is 0. The van der Waals surface area contributed by atoms with Crippen LogP contribution in [0.5, 0.6) is 28.7 Å². The zero-order valence-electron chi connectivity index (χ0n) is 33.4. The number of nitrogens with one attached hydrogen (secondary N) is 2. The summed E-state index contributed by atoms with van der Waals surface area (Å²) in [5.41, 5.74) is 2.69. The first-order chi connectivity index (χ1) is 27.7. The van der Waals surface area contributed by atoms with Crippen molar-refractivity contribution in [1.82, 2.24) is 4.98 Å². The van der Waals surface area contributed by atoms with Gasteiger partial charge in [0.05, 0.1) is 51.2 Å². The largest absolute Gasteiger partial charge is 0.497 e. The number of methoxy groups -OCH3 is 2. The van der Waals surface area contributed by atoms with Crippen molar-refractivity contribution in [1.29, 1.82) is 0 Å². The van der Waals surface area contributed by atoms with Gasteiger partial charge in [0.2, 0.25) is 0 Å². The quantitative estimate of drug-likeness (QED) is 0.0688. The molecule has 0 aliphatic heterocycles. The van der Waals surface area contributed by atoms with Gasteiger partial charge in [-0.2, -0.15) is 0 Å². The number of urea groups is 1. The van der Waals surface area contributed by atoms with E-state index in [1.54, 1.807) is 56.6 Å². The summed E-state index contributed by atoms with van der Waals surface area (Å²) in [4.78, 5) is 28.6. The van der Waals surface area contributed by atoms with Crippen LogP contribution in [-0.4, -0.2) is 83.5 Å². The highest BCUT2D eigenvalue weighted by atomic mass is 32.2. The Morgan fingerprint density at radius 2 is 1.48 bits per heavy atom. The molecule has 15 heteroatoms. The van der Waals surface area contributed by atoms with Crippen LogP contribution in [0, 0.1) is 0 Å². The number of anilines is 2. The third-order valence-corrected chi connectivity index (χ3v) is 10.6. The SMILES string of the molecule is CCS(=O)(=O)c1cc(C(C)(C)C)cc(NC(=O)Nc2ccc(Oc3ccnc(Cc4cc(OC)cc(OCCOCCOCC(=O)O)c4)c3)c3ccccc23)c1OC. The first-order valence-electron chi connectivity index (χ1n) is 18.6. The molecule has 0 atom stereocenters. The van der Waals surface area contributed by atoms with Gasteiger partial charge >= 0.3 is 12.0 Å². The fraction of sp³-hybridized carbons (Fsp3) is 0.326. The van der Waals surface area contributed by atoms with Crippen molar-refractivity contribution in [2.45, 2.75) is 44.4 Å². The second kappa shape index (κ2) is 19.5. The van der Waals surface area contributed by atoms with Crippen LogP contribution in [0.1, 0.15) is 44.5 Å². The number of ether oxygens (including phenoxy) is 6. The predicted octanol–water partition coefficient (Wildman–Crippen LogP) is 7.87. The van der Waals surface area contributed by atoms with Crippen LogP contribution >= 0.6 is 0 Å². The lowest BCUT2D eigenvalue weighted by molar-refractivity contribution is -0.142. The fourth-order valence-corrected chi connectivity index (χ4v) is 7.05. The van der Waals surface area contributed by atoms with Crippen molar-refractivity contribution in [3.8, 4) is 28.7 Å². The van der Waals surface area contributed by atoms with Gasteiger partial charge in [0.1, 0.15) is 41.1 Å². The molecule has 58 heavy (non-hydrogen) atoms. The maximum absolute atomic E-state index is 13.5. The topological polar surface area (TPSA) is 181 Å². The van der Waals surface area contributed by atoms with E-state index in [-0.39, 0.29) is 55.1 Å². The van der Waals surface area contributed by atoms with E-state index in [4.69, 9.17) is 33.5 Å². The standard InChI is InChI=1S/C43H49N3O11S/c1-7-58(50,51)39-24-29(43(2,3)4)23-37(41(39)53-6)46-42(49)45-36-12-13-38(35-11-9-8-10-34(35)36)57-31-14-15-44-30(25-31)20-28-21-32(52-5)26-33(22-28)56-19-18-54-16-17-55-27-40(47)48/h8-15,21-26H,7,16-20,27H2,1-6H3,(H,47,48)(H2,45,46,49). The molecule has 0 aliphatic rings. The normalized spacial score (nSPS) is 11.6. The molecule has 0 radical (unpaired) electrons. The molecule has 1 aromatic heterocycles. The van der Waals surface area contributed by atoms with Gasteiger partial charge in [-0.1, -0.05) is 52.0 Å². The molecule has 0 unspecified atom stereocenters. The minimum absolute atomic E-state index is 0.0202. The molecule has 0 spiro atoms. The van der Waals surface area contributed by atoms with Gasteiger partial charge in [-0.15, -0.1) is 0 Å². The van der Waals surface area contributed by atoms with E-state index >= 15 is 0 Å². The van der Waals surface area contributed by atoms with E-state index < -0.39 is 27.3 Å². The number of benzene rings is 4. The van der Waals surface area contributed by atoms with Crippen LogP contribution in [0.4, 0.5) is 16.2 Å². The summed E-state index contributed by atoms with van der Waals surface area (Å²) in [7, 11) is -0.722. The van der Waals surface area contributed by atoms with E-state index in [0.717, 1.165) is 27.6 Å². The van der Waals surface area contributed by atoms with Crippen molar-refractivity contribution in [3.63, 3.8) is 0 Å². The van der Waals surface area contributed by atoms with Crippen LogP contribution in [0.2, 0.25) is 0 Å². The van der Waals surface area contributed by atoms with Crippen molar-refractivity contribution in [3.05, 3.63) is 102 Å². The highest BCUT2D eigenvalue weighted by Gasteiger charge is 2.26. The summed E-state index contributed by atoms with van der Waals surface area (Å²) in [6.45, 7) is 8.07. The zero-order chi connectivity index (χ0) is 41.9. The highest BCUT2D eigenvalue weighted by molar-refractivity contribution is 7.91. The first kappa shape index (κ1) is 43.2. The summed E-state index contributed by atoms with van der Waals surface area (Å²) in [6.07, 6.45) is 2.12. The molecule has 0 aliphatic carbocycles. The number of amides is 2. The molecule has 4 aromatic carbocycles. The average Bonchev–Trinajstić information content (AvgIpc) is 3.19. The Morgan fingerprint density at radius 1 is 0.776 bits per heavy atom. The fourth-order valence-electron chi connectivity index (χ4n) is 5.95. The summed E-state index contributed by atoms with van der Waals surface area (Å²) in [5.74, 6) is 1.23. The van der Waals surface area contributed by atoms with E-state index in [1.807, 2.05) is 63.2 Å². The maximum Gasteiger partial charge on any atom is 0.329 e. The Kier molecular flexibility index (Phi) is 14.5. The van der Waals surface area contributed by atoms with Gasteiger partial charge in [-0.05, 0) is 59.0 Å². The summed E-state index contributed by atoms with van der Waals surface area (Å²) in [5, 5.41) is 15.8. The van der Waals surface area contributed by atoms with E-state index in [1.165, 1.54) is 7.11 Å². The number of carbonyl (C=O) groups excluding carboxylic acids is 1. The maximum atomic E-state index is 13.5. The molecule has 1 heterocycles. The molecule has 5 rings (SSSR count). The Bertz CT molecular complexity index is 2340. The molecular formula is C43H49N3O11S. The number of hydrogen-bond donors (Lipinski definition) is 3. The molecule has 0 fully saturated rings. The number of fused-ring (bicyclic) bond motifs is 1. The van der Waals surface area contributed by atoms with Gasteiger partial charge in [-0.3, -0.25) is 4.98 Å². The highest BCUT2D eigenvalue weighted by Crippen LogP contribution is 2.39. The average molecular weight is 816 g/mol. The number of sulfone groups is 1. The molecule has 0 saturated carbocycles.